The molecule has 1 N–H and O–H groups in total. The number of amides is 1. The van der Waals surface area contributed by atoms with Gasteiger partial charge >= 0.3 is 0 Å². The topological polar surface area (TPSA) is 32.3 Å². The molecule has 0 bridgehead atoms. The normalized spacial score (nSPS) is 18.6. The summed E-state index contributed by atoms with van der Waals surface area (Å²) >= 11 is 0. The third-order valence-corrected chi connectivity index (χ3v) is 4.45. The zero-order chi connectivity index (χ0) is 15.2. The summed E-state index contributed by atoms with van der Waals surface area (Å²) < 4.78 is 0. The minimum Gasteiger partial charge on any atom is -0.384 e. The first-order valence-electron chi connectivity index (χ1n) is 8.22. The second kappa shape index (κ2) is 7.48. The maximum atomic E-state index is 12.4. The number of benzene rings is 1. The highest BCUT2D eigenvalue weighted by Crippen LogP contribution is 2.20. The van der Waals surface area contributed by atoms with Crippen LogP contribution in [0.15, 0.2) is 18.2 Å². The smallest absolute Gasteiger partial charge is 0.224 e. The van der Waals surface area contributed by atoms with E-state index in [1.807, 2.05) is 0 Å². The SMILES string of the molecule is CCC1CCCCN1C(=O)CCNc1ccc(C)cc1C. The first-order chi connectivity index (χ1) is 10.1. The van der Waals surface area contributed by atoms with Crippen LogP contribution in [0.5, 0.6) is 0 Å². The number of piperidine rings is 1. The highest BCUT2D eigenvalue weighted by molar-refractivity contribution is 5.77. The van der Waals surface area contributed by atoms with Crippen LogP contribution < -0.4 is 5.32 Å². The lowest BCUT2D eigenvalue weighted by Crippen LogP contribution is -2.43. The Morgan fingerprint density at radius 3 is 2.86 bits per heavy atom. The molecule has 0 saturated carbocycles. The molecule has 116 valence electrons. The van der Waals surface area contributed by atoms with Gasteiger partial charge in [0.1, 0.15) is 0 Å². The molecule has 1 heterocycles. The Morgan fingerprint density at radius 2 is 2.14 bits per heavy atom. The summed E-state index contributed by atoms with van der Waals surface area (Å²) in [5.74, 6) is 0.304. The van der Waals surface area contributed by atoms with E-state index in [1.54, 1.807) is 0 Å². The van der Waals surface area contributed by atoms with Gasteiger partial charge in [-0.2, -0.15) is 0 Å². The van der Waals surface area contributed by atoms with Crippen molar-refractivity contribution < 1.29 is 4.79 Å². The summed E-state index contributed by atoms with van der Waals surface area (Å²) in [5, 5.41) is 3.40. The summed E-state index contributed by atoms with van der Waals surface area (Å²) in [6.07, 6.45) is 5.27. The van der Waals surface area contributed by atoms with E-state index in [4.69, 9.17) is 0 Å². The van der Waals surface area contributed by atoms with Crippen LogP contribution in [-0.4, -0.2) is 29.9 Å². The third-order valence-electron chi connectivity index (χ3n) is 4.45. The number of aryl methyl sites for hydroxylation is 2. The molecule has 21 heavy (non-hydrogen) atoms. The molecule has 0 radical (unpaired) electrons. The molecule has 1 aliphatic rings. The van der Waals surface area contributed by atoms with Crippen LogP contribution in [0.25, 0.3) is 0 Å². The molecule has 1 amide bonds. The molecular formula is C18H28N2O. The van der Waals surface area contributed by atoms with E-state index in [9.17, 15) is 4.79 Å². The Hall–Kier alpha value is -1.51. The Bertz CT molecular complexity index is 484. The van der Waals surface area contributed by atoms with Gasteiger partial charge in [0.05, 0.1) is 0 Å². The second-order valence-corrected chi connectivity index (χ2v) is 6.14. The Morgan fingerprint density at radius 1 is 1.33 bits per heavy atom. The van der Waals surface area contributed by atoms with Gasteiger partial charge in [0, 0.05) is 31.2 Å². The minimum absolute atomic E-state index is 0.304. The second-order valence-electron chi connectivity index (χ2n) is 6.14. The zero-order valence-electron chi connectivity index (χ0n) is 13.6. The van der Waals surface area contributed by atoms with Crippen molar-refractivity contribution >= 4 is 11.6 Å². The van der Waals surface area contributed by atoms with E-state index in [0.29, 0.717) is 18.4 Å². The van der Waals surface area contributed by atoms with E-state index in [2.05, 4.69) is 49.2 Å². The lowest BCUT2D eigenvalue weighted by Gasteiger charge is -2.35. The zero-order valence-corrected chi connectivity index (χ0v) is 13.6. The molecule has 2 rings (SSSR count). The maximum absolute atomic E-state index is 12.4. The van der Waals surface area contributed by atoms with Gasteiger partial charge in [-0.15, -0.1) is 0 Å². The van der Waals surface area contributed by atoms with Gasteiger partial charge in [0.25, 0.3) is 0 Å². The van der Waals surface area contributed by atoms with Gasteiger partial charge in [-0.25, -0.2) is 0 Å². The number of carbonyl (C=O) groups is 1. The number of rotatable bonds is 5. The van der Waals surface area contributed by atoms with Crippen molar-refractivity contribution in [1.82, 2.24) is 4.90 Å². The maximum Gasteiger partial charge on any atom is 0.224 e. The van der Waals surface area contributed by atoms with Gasteiger partial charge in [0.2, 0.25) is 5.91 Å². The van der Waals surface area contributed by atoms with Crippen molar-refractivity contribution in [3.05, 3.63) is 29.3 Å². The lowest BCUT2D eigenvalue weighted by molar-refractivity contribution is -0.134. The molecule has 3 heteroatoms. The fourth-order valence-corrected chi connectivity index (χ4v) is 3.21. The molecule has 0 spiro atoms. The van der Waals surface area contributed by atoms with Crippen LogP contribution in [0.2, 0.25) is 0 Å². The summed E-state index contributed by atoms with van der Waals surface area (Å²) in [6, 6.07) is 6.84. The average molecular weight is 288 g/mol. The van der Waals surface area contributed by atoms with E-state index in [1.165, 1.54) is 24.0 Å². The van der Waals surface area contributed by atoms with Crippen molar-refractivity contribution in [2.75, 3.05) is 18.4 Å². The van der Waals surface area contributed by atoms with Crippen LogP contribution >= 0.6 is 0 Å². The van der Waals surface area contributed by atoms with Gasteiger partial charge in [-0.05, 0) is 51.2 Å². The van der Waals surface area contributed by atoms with Crippen molar-refractivity contribution in [1.29, 1.82) is 0 Å². The van der Waals surface area contributed by atoms with E-state index >= 15 is 0 Å². The fourth-order valence-electron chi connectivity index (χ4n) is 3.21. The Labute approximate surface area is 128 Å². The van der Waals surface area contributed by atoms with Crippen molar-refractivity contribution in [2.24, 2.45) is 0 Å². The predicted octanol–water partition coefficient (Wildman–Crippen LogP) is 3.90. The molecular weight excluding hydrogens is 260 g/mol. The molecule has 3 nitrogen and oxygen atoms in total. The first kappa shape index (κ1) is 15.9. The Kier molecular flexibility index (Phi) is 5.66. The van der Waals surface area contributed by atoms with Crippen LogP contribution in [0.3, 0.4) is 0 Å². The Balaban J connectivity index is 1.83. The quantitative estimate of drug-likeness (QED) is 0.891. The fraction of sp³-hybridized carbons (Fsp3) is 0.611. The number of carbonyl (C=O) groups excluding carboxylic acids is 1. The average Bonchev–Trinajstić information content (AvgIpc) is 2.49. The summed E-state index contributed by atoms with van der Waals surface area (Å²) in [6.45, 7) is 8.05. The number of nitrogens with zero attached hydrogens (tertiary/aromatic N) is 1. The largest absolute Gasteiger partial charge is 0.384 e. The number of anilines is 1. The summed E-state index contributed by atoms with van der Waals surface area (Å²) in [5.41, 5.74) is 3.65. The van der Waals surface area contributed by atoms with Gasteiger partial charge in [0.15, 0.2) is 0 Å². The monoisotopic (exact) mass is 288 g/mol. The molecule has 1 aromatic rings. The van der Waals surface area contributed by atoms with E-state index < -0.39 is 0 Å². The highest BCUT2D eigenvalue weighted by atomic mass is 16.2. The third kappa shape index (κ3) is 4.23. The highest BCUT2D eigenvalue weighted by Gasteiger charge is 2.24. The summed E-state index contributed by atoms with van der Waals surface area (Å²) in [4.78, 5) is 14.5. The molecule has 0 aliphatic carbocycles. The van der Waals surface area contributed by atoms with Gasteiger partial charge in [-0.1, -0.05) is 24.6 Å². The molecule has 0 aromatic heterocycles. The number of hydrogen-bond acceptors (Lipinski definition) is 2. The van der Waals surface area contributed by atoms with Gasteiger partial charge < -0.3 is 10.2 Å². The van der Waals surface area contributed by atoms with Crippen LogP contribution in [0, 0.1) is 13.8 Å². The molecule has 1 atom stereocenters. The summed E-state index contributed by atoms with van der Waals surface area (Å²) in [7, 11) is 0. The van der Waals surface area contributed by atoms with E-state index in [-0.39, 0.29) is 0 Å². The van der Waals surface area contributed by atoms with Crippen LogP contribution in [0.4, 0.5) is 5.69 Å². The molecule has 1 unspecified atom stereocenters. The van der Waals surface area contributed by atoms with Crippen LogP contribution in [0.1, 0.15) is 50.2 Å². The molecule has 1 fully saturated rings. The number of hydrogen-bond donors (Lipinski definition) is 1. The number of nitrogens with one attached hydrogen (secondary N) is 1. The lowest BCUT2D eigenvalue weighted by atomic mass is 9.99. The number of likely N-dealkylation sites (tertiary alicyclic amines) is 1. The molecule has 1 saturated heterocycles. The standard InChI is InChI=1S/C18H28N2O/c1-4-16-7-5-6-12-20(16)18(21)10-11-19-17-9-8-14(2)13-15(17)3/h8-9,13,16,19H,4-7,10-12H2,1-3H3. The van der Waals surface area contributed by atoms with Crippen molar-refractivity contribution in [3.8, 4) is 0 Å². The minimum atomic E-state index is 0.304. The van der Waals surface area contributed by atoms with Crippen molar-refractivity contribution in [3.63, 3.8) is 0 Å². The van der Waals surface area contributed by atoms with Gasteiger partial charge in [-0.3, -0.25) is 4.79 Å². The van der Waals surface area contributed by atoms with E-state index in [0.717, 1.165) is 31.6 Å². The predicted molar refractivity (Wildman–Crippen MR) is 88.7 cm³/mol. The molecule has 1 aromatic carbocycles. The van der Waals surface area contributed by atoms with Crippen molar-refractivity contribution in [2.45, 2.75) is 58.9 Å². The van der Waals surface area contributed by atoms with Crippen LogP contribution in [-0.2, 0) is 4.79 Å². The molecule has 1 aliphatic heterocycles. The first-order valence-corrected chi connectivity index (χ1v) is 8.22.